The fourth-order valence-corrected chi connectivity index (χ4v) is 2.99. The van der Waals surface area contributed by atoms with Gasteiger partial charge in [-0.2, -0.15) is 0 Å². The number of hydrogen-bond donors (Lipinski definition) is 1. The first-order valence-corrected chi connectivity index (χ1v) is 7.76. The fraction of sp³-hybridized carbons (Fsp3) is 0.562. The minimum atomic E-state index is -0.0336. The first-order valence-electron chi connectivity index (χ1n) is 7.39. The highest BCUT2D eigenvalue weighted by Gasteiger charge is 2.37. The van der Waals surface area contributed by atoms with E-state index in [0.717, 1.165) is 37.9 Å². The molecular weight excluding hydrogens is 274 g/mol. The molecule has 1 aromatic carbocycles. The van der Waals surface area contributed by atoms with Gasteiger partial charge in [0.05, 0.1) is 12.0 Å². The standard InChI is InChI=1S/C16H20ClNO2/c17-13-7-5-12(6-8-13)15(11-3-4-11)16(19)18-10-14-2-1-9-20-14/h5-8,11,14-15H,1-4,9-10H2,(H,18,19). The lowest BCUT2D eigenvalue weighted by Gasteiger charge is -2.18. The molecule has 2 fully saturated rings. The molecular formula is C16H20ClNO2. The lowest BCUT2D eigenvalue weighted by molar-refractivity contribution is -0.123. The maximum Gasteiger partial charge on any atom is 0.227 e. The first kappa shape index (κ1) is 13.9. The number of nitrogens with one attached hydrogen (secondary N) is 1. The van der Waals surface area contributed by atoms with Crippen LogP contribution in [0.3, 0.4) is 0 Å². The summed E-state index contributed by atoms with van der Waals surface area (Å²) in [7, 11) is 0. The van der Waals surface area contributed by atoms with Gasteiger partial charge in [0.15, 0.2) is 0 Å². The zero-order chi connectivity index (χ0) is 13.9. The van der Waals surface area contributed by atoms with Gasteiger partial charge in [0, 0.05) is 18.2 Å². The SMILES string of the molecule is O=C(NCC1CCCO1)C(c1ccc(Cl)cc1)C1CC1. The molecule has 108 valence electrons. The van der Waals surface area contributed by atoms with Crippen molar-refractivity contribution in [2.75, 3.05) is 13.2 Å². The van der Waals surface area contributed by atoms with E-state index >= 15 is 0 Å². The monoisotopic (exact) mass is 293 g/mol. The highest BCUT2D eigenvalue weighted by atomic mass is 35.5. The summed E-state index contributed by atoms with van der Waals surface area (Å²) in [6.45, 7) is 1.46. The molecule has 2 unspecified atom stereocenters. The third kappa shape index (κ3) is 3.33. The van der Waals surface area contributed by atoms with Crippen molar-refractivity contribution in [1.29, 1.82) is 0 Å². The lowest BCUT2D eigenvalue weighted by atomic mass is 9.93. The van der Waals surface area contributed by atoms with Crippen molar-refractivity contribution >= 4 is 17.5 Å². The molecule has 3 nitrogen and oxygen atoms in total. The minimum absolute atomic E-state index is 0.0336. The molecule has 1 aromatic rings. The van der Waals surface area contributed by atoms with E-state index in [1.165, 1.54) is 0 Å². The Kier molecular flexibility index (Phi) is 4.27. The summed E-state index contributed by atoms with van der Waals surface area (Å²) in [4.78, 5) is 12.5. The Labute approximate surface area is 124 Å². The largest absolute Gasteiger partial charge is 0.376 e. The summed E-state index contributed by atoms with van der Waals surface area (Å²) in [5.74, 6) is 0.583. The van der Waals surface area contributed by atoms with Crippen molar-refractivity contribution < 1.29 is 9.53 Å². The van der Waals surface area contributed by atoms with Crippen LogP contribution in [0.4, 0.5) is 0 Å². The minimum Gasteiger partial charge on any atom is -0.376 e. The van der Waals surface area contributed by atoms with Crippen molar-refractivity contribution in [3.8, 4) is 0 Å². The summed E-state index contributed by atoms with van der Waals surface area (Å²) in [6.07, 6.45) is 4.63. The van der Waals surface area contributed by atoms with E-state index in [1.54, 1.807) is 0 Å². The Morgan fingerprint density at radius 2 is 2.05 bits per heavy atom. The molecule has 1 saturated heterocycles. The van der Waals surface area contributed by atoms with Crippen LogP contribution in [-0.2, 0) is 9.53 Å². The van der Waals surface area contributed by atoms with Crippen LogP contribution in [0.25, 0.3) is 0 Å². The van der Waals surface area contributed by atoms with Crippen molar-refractivity contribution in [3.05, 3.63) is 34.9 Å². The molecule has 1 saturated carbocycles. The van der Waals surface area contributed by atoms with Crippen LogP contribution in [0.1, 0.15) is 37.2 Å². The second-order valence-electron chi connectivity index (χ2n) is 5.75. The number of carbonyl (C=O) groups is 1. The molecule has 1 amide bonds. The van der Waals surface area contributed by atoms with E-state index in [9.17, 15) is 4.79 Å². The summed E-state index contributed by atoms with van der Waals surface area (Å²) < 4.78 is 5.55. The van der Waals surface area contributed by atoms with Crippen LogP contribution in [0, 0.1) is 5.92 Å². The topological polar surface area (TPSA) is 38.3 Å². The maximum absolute atomic E-state index is 12.5. The zero-order valence-corrected chi connectivity index (χ0v) is 12.2. The van der Waals surface area contributed by atoms with E-state index in [0.29, 0.717) is 17.5 Å². The Hall–Kier alpha value is -1.06. The maximum atomic E-state index is 12.5. The van der Waals surface area contributed by atoms with Crippen molar-refractivity contribution in [1.82, 2.24) is 5.32 Å². The predicted octanol–water partition coefficient (Wildman–Crippen LogP) is 3.13. The second kappa shape index (κ2) is 6.15. The predicted molar refractivity (Wildman–Crippen MR) is 78.9 cm³/mol. The molecule has 1 aliphatic heterocycles. The molecule has 20 heavy (non-hydrogen) atoms. The van der Waals surface area contributed by atoms with Gasteiger partial charge >= 0.3 is 0 Å². The molecule has 2 atom stereocenters. The van der Waals surface area contributed by atoms with Gasteiger partial charge in [-0.15, -0.1) is 0 Å². The van der Waals surface area contributed by atoms with E-state index < -0.39 is 0 Å². The smallest absolute Gasteiger partial charge is 0.227 e. The van der Waals surface area contributed by atoms with Crippen LogP contribution in [0.5, 0.6) is 0 Å². The molecule has 0 bridgehead atoms. The van der Waals surface area contributed by atoms with E-state index in [4.69, 9.17) is 16.3 Å². The van der Waals surface area contributed by atoms with Crippen molar-refractivity contribution in [2.24, 2.45) is 5.92 Å². The molecule has 1 heterocycles. The van der Waals surface area contributed by atoms with Crippen LogP contribution >= 0.6 is 11.6 Å². The molecule has 2 aliphatic rings. The summed E-state index contributed by atoms with van der Waals surface area (Å²) in [6, 6.07) is 7.66. The summed E-state index contributed by atoms with van der Waals surface area (Å²) in [5, 5.41) is 3.77. The van der Waals surface area contributed by atoms with Gasteiger partial charge in [-0.1, -0.05) is 23.7 Å². The number of halogens is 1. The van der Waals surface area contributed by atoms with Crippen molar-refractivity contribution in [2.45, 2.75) is 37.7 Å². The van der Waals surface area contributed by atoms with Crippen molar-refractivity contribution in [3.63, 3.8) is 0 Å². The molecule has 1 aliphatic carbocycles. The van der Waals surface area contributed by atoms with E-state index in [1.807, 2.05) is 24.3 Å². The number of ether oxygens (including phenoxy) is 1. The zero-order valence-electron chi connectivity index (χ0n) is 11.5. The number of amides is 1. The normalized spacial score (nSPS) is 23.6. The Bertz CT molecular complexity index is 464. The molecule has 4 heteroatoms. The number of benzene rings is 1. The molecule has 3 rings (SSSR count). The van der Waals surface area contributed by atoms with Crippen LogP contribution in [-0.4, -0.2) is 25.2 Å². The fourth-order valence-electron chi connectivity index (χ4n) is 2.87. The van der Waals surface area contributed by atoms with E-state index in [2.05, 4.69) is 5.32 Å². The highest BCUT2D eigenvalue weighted by molar-refractivity contribution is 6.30. The molecule has 0 spiro atoms. The average molecular weight is 294 g/mol. The third-order valence-electron chi connectivity index (χ3n) is 4.13. The van der Waals surface area contributed by atoms with Gasteiger partial charge in [-0.05, 0) is 49.3 Å². The number of rotatable bonds is 5. The average Bonchev–Trinajstić information content (AvgIpc) is 3.14. The molecule has 0 radical (unpaired) electrons. The number of hydrogen-bond acceptors (Lipinski definition) is 2. The van der Waals surface area contributed by atoms with Gasteiger partial charge in [0.25, 0.3) is 0 Å². The molecule has 0 aromatic heterocycles. The van der Waals surface area contributed by atoms with E-state index in [-0.39, 0.29) is 17.9 Å². The Balaban J connectivity index is 1.63. The Morgan fingerprint density at radius 1 is 1.30 bits per heavy atom. The summed E-state index contributed by atoms with van der Waals surface area (Å²) >= 11 is 5.92. The van der Waals surface area contributed by atoms with Gasteiger partial charge < -0.3 is 10.1 Å². The van der Waals surface area contributed by atoms with Gasteiger partial charge in [-0.3, -0.25) is 4.79 Å². The second-order valence-corrected chi connectivity index (χ2v) is 6.18. The Morgan fingerprint density at radius 3 is 2.65 bits per heavy atom. The van der Waals surface area contributed by atoms with Gasteiger partial charge in [0.2, 0.25) is 5.91 Å². The first-order chi connectivity index (χ1) is 9.74. The van der Waals surface area contributed by atoms with Crippen LogP contribution < -0.4 is 5.32 Å². The number of carbonyl (C=O) groups excluding carboxylic acids is 1. The quantitative estimate of drug-likeness (QED) is 0.906. The van der Waals surface area contributed by atoms with Crippen LogP contribution in [0.2, 0.25) is 5.02 Å². The summed E-state index contributed by atoms with van der Waals surface area (Å²) in [5.41, 5.74) is 1.07. The highest BCUT2D eigenvalue weighted by Crippen LogP contribution is 2.42. The van der Waals surface area contributed by atoms with Crippen LogP contribution in [0.15, 0.2) is 24.3 Å². The third-order valence-corrected chi connectivity index (χ3v) is 4.38. The van der Waals surface area contributed by atoms with Gasteiger partial charge in [-0.25, -0.2) is 0 Å². The molecule has 1 N–H and O–H groups in total. The lowest BCUT2D eigenvalue weighted by Crippen LogP contribution is -2.36. The van der Waals surface area contributed by atoms with Gasteiger partial charge in [0.1, 0.15) is 0 Å².